The standard InChI is InChI=1S/C21H22ClN3O5/c1-29-17-6-4-3-5-14(17)12-24-9-10-25(21(28)20(24)27)13-19(26)23-15-7-8-18(30-2)16(22)11-15/h3-8,11H,9-10,12-13H2,1-2H3,(H,23,26). The molecule has 30 heavy (non-hydrogen) atoms. The first-order chi connectivity index (χ1) is 14.4. The van der Waals surface area contributed by atoms with Crippen LogP contribution in [-0.4, -0.2) is 61.4 Å². The van der Waals surface area contributed by atoms with Gasteiger partial charge in [0.2, 0.25) is 5.91 Å². The number of carbonyl (C=O) groups excluding carboxylic acids is 3. The van der Waals surface area contributed by atoms with Crippen LogP contribution in [0.2, 0.25) is 5.02 Å². The van der Waals surface area contributed by atoms with Gasteiger partial charge in [-0.1, -0.05) is 29.8 Å². The fourth-order valence-corrected chi connectivity index (χ4v) is 3.43. The van der Waals surface area contributed by atoms with Crippen molar-refractivity contribution in [2.24, 2.45) is 0 Å². The average molecular weight is 432 g/mol. The van der Waals surface area contributed by atoms with Crippen molar-refractivity contribution in [1.29, 1.82) is 0 Å². The van der Waals surface area contributed by atoms with Crippen molar-refractivity contribution in [3.05, 3.63) is 53.1 Å². The average Bonchev–Trinajstić information content (AvgIpc) is 2.74. The monoisotopic (exact) mass is 431 g/mol. The third-order valence-electron chi connectivity index (χ3n) is 4.72. The van der Waals surface area contributed by atoms with Gasteiger partial charge in [0.25, 0.3) is 0 Å². The molecule has 158 valence electrons. The molecule has 1 aliphatic heterocycles. The second kappa shape index (κ2) is 9.49. The summed E-state index contributed by atoms with van der Waals surface area (Å²) < 4.78 is 10.4. The van der Waals surface area contributed by atoms with E-state index in [1.165, 1.54) is 16.9 Å². The molecule has 1 saturated heterocycles. The quantitative estimate of drug-likeness (QED) is 0.679. The number of methoxy groups -OCH3 is 2. The minimum absolute atomic E-state index is 0.225. The zero-order chi connectivity index (χ0) is 21.7. The van der Waals surface area contributed by atoms with Gasteiger partial charge in [0.15, 0.2) is 0 Å². The molecule has 3 amide bonds. The summed E-state index contributed by atoms with van der Waals surface area (Å²) in [7, 11) is 3.05. The van der Waals surface area contributed by atoms with Crippen molar-refractivity contribution >= 4 is 35.0 Å². The molecule has 1 fully saturated rings. The van der Waals surface area contributed by atoms with E-state index in [4.69, 9.17) is 21.1 Å². The van der Waals surface area contributed by atoms with E-state index in [1.54, 1.807) is 31.4 Å². The van der Waals surface area contributed by atoms with Gasteiger partial charge in [0.05, 0.1) is 19.2 Å². The number of amides is 3. The summed E-state index contributed by atoms with van der Waals surface area (Å²) in [6.07, 6.45) is 0. The van der Waals surface area contributed by atoms with E-state index in [2.05, 4.69) is 5.32 Å². The molecule has 1 aliphatic rings. The van der Waals surface area contributed by atoms with Gasteiger partial charge in [-0.05, 0) is 24.3 Å². The van der Waals surface area contributed by atoms with Crippen molar-refractivity contribution in [2.75, 3.05) is 39.2 Å². The Bertz CT molecular complexity index is 965. The highest BCUT2D eigenvalue weighted by Gasteiger charge is 2.33. The molecule has 0 radical (unpaired) electrons. The molecule has 8 nitrogen and oxygen atoms in total. The fourth-order valence-electron chi connectivity index (χ4n) is 3.17. The summed E-state index contributed by atoms with van der Waals surface area (Å²) in [6.45, 7) is 0.621. The highest BCUT2D eigenvalue weighted by atomic mass is 35.5. The van der Waals surface area contributed by atoms with E-state index in [9.17, 15) is 14.4 Å². The van der Waals surface area contributed by atoms with E-state index in [0.717, 1.165) is 5.56 Å². The zero-order valence-electron chi connectivity index (χ0n) is 16.7. The summed E-state index contributed by atoms with van der Waals surface area (Å²) in [5.74, 6) is -0.638. The Morgan fingerprint density at radius 1 is 1.00 bits per heavy atom. The molecule has 2 aromatic carbocycles. The van der Waals surface area contributed by atoms with Gasteiger partial charge in [-0.3, -0.25) is 14.4 Å². The van der Waals surface area contributed by atoms with Gasteiger partial charge in [-0.15, -0.1) is 0 Å². The molecule has 0 spiro atoms. The van der Waals surface area contributed by atoms with Crippen LogP contribution >= 0.6 is 11.6 Å². The number of piperazine rings is 1. The van der Waals surface area contributed by atoms with Gasteiger partial charge in [-0.25, -0.2) is 0 Å². The summed E-state index contributed by atoms with van der Waals surface area (Å²) in [6, 6.07) is 12.1. The number of benzene rings is 2. The highest BCUT2D eigenvalue weighted by molar-refractivity contribution is 6.35. The number of halogens is 1. The van der Waals surface area contributed by atoms with Crippen molar-refractivity contribution in [3.63, 3.8) is 0 Å². The second-order valence-electron chi connectivity index (χ2n) is 6.66. The Morgan fingerprint density at radius 3 is 2.37 bits per heavy atom. The van der Waals surface area contributed by atoms with E-state index in [-0.39, 0.29) is 19.6 Å². The normalized spacial score (nSPS) is 14.0. The maximum Gasteiger partial charge on any atom is 0.312 e. The third kappa shape index (κ3) is 4.83. The zero-order valence-corrected chi connectivity index (χ0v) is 17.4. The molecule has 1 N–H and O–H groups in total. The maximum absolute atomic E-state index is 12.5. The molecule has 1 heterocycles. The van der Waals surface area contributed by atoms with E-state index in [1.807, 2.05) is 18.2 Å². The fraction of sp³-hybridized carbons (Fsp3) is 0.286. The third-order valence-corrected chi connectivity index (χ3v) is 5.02. The number of rotatable bonds is 7. The van der Waals surface area contributed by atoms with Crippen LogP contribution in [0.1, 0.15) is 5.56 Å². The van der Waals surface area contributed by atoms with Crippen LogP contribution in [0.5, 0.6) is 11.5 Å². The Balaban J connectivity index is 1.59. The molecule has 0 unspecified atom stereocenters. The predicted octanol–water partition coefficient (Wildman–Crippen LogP) is 2.17. The van der Waals surface area contributed by atoms with Crippen LogP contribution in [0.25, 0.3) is 0 Å². The summed E-state index contributed by atoms with van der Waals surface area (Å²) in [5, 5.41) is 3.02. The number of hydrogen-bond donors (Lipinski definition) is 1. The molecular weight excluding hydrogens is 410 g/mol. The predicted molar refractivity (Wildman–Crippen MR) is 112 cm³/mol. The molecular formula is C21H22ClN3O5. The Kier molecular flexibility index (Phi) is 6.79. The number of para-hydroxylation sites is 1. The highest BCUT2D eigenvalue weighted by Crippen LogP contribution is 2.27. The molecule has 0 aliphatic carbocycles. The summed E-state index contributed by atoms with van der Waals surface area (Å²) in [5.41, 5.74) is 1.28. The van der Waals surface area contributed by atoms with Crippen LogP contribution in [-0.2, 0) is 20.9 Å². The molecule has 2 aromatic rings. The number of ether oxygens (including phenoxy) is 2. The van der Waals surface area contributed by atoms with E-state index < -0.39 is 17.7 Å². The molecule has 3 rings (SSSR count). The summed E-state index contributed by atoms with van der Waals surface area (Å²) >= 11 is 6.05. The van der Waals surface area contributed by atoms with Crippen molar-refractivity contribution < 1.29 is 23.9 Å². The van der Waals surface area contributed by atoms with Crippen molar-refractivity contribution in [1.82, 2.24) is 9.80 Å². The Hall–Kier alpha value is -3.26. The molecule has 9 heteroatoms. The number of nitrogens with zero attached hydrogens (tertiary/aromatic N) is 2. The molecule has 0 saturated carbocycles. The number of hydrogen-bond acceptors (Lipinski definition) is 5. The largest absolute Gasteiger partial charge is 0.496 e. The van der Waals surface area contributed by atoms with Gasteiger partial charge >= 0.3 is 11.8 Å². The van der Waals surface area contributed by atoms with Crippen LogP contribution in [0.15, 0.2) is 42.5 Å². The first-order valence-electron chi connectivity index (χ1n) is 9.26. The van der Waals surface area contributed by atoms with Gasteiger partial charge < -0.3 is 24.6 Å². The SMILES string of the molecule is COc1ccc(NC(=O)CN2CCN(Cc3ccccc3OC)C(=O)C2=O)cc1Cl. The molecule has 0 bridgehead atoms. The van der Waals surface area contributed by atoms with Crippen LogP contribution in [0, 0.1) is 0 Å². The molecule has 0 atom stereocenters. The lowest BCUT2D eigenvalue weighted by Gasteiger charge is -2.33. The minimum atomic E-state index is -0.709. The maximum atomic E-state index is 12.5. The Morgan fingerprint density at radius 2 is 1.67 bits per heavy atom. The number of anilines is 1. The number of carbonyl (C=O) groups is 3. The lowest BCUT2D eigenvalue weighted by atomic mass is 10.1. The van der Waals surface area contributed by atoms with Crippen molar-refractivity contribution in [2.45, 2.75) is 6.54 Å². The van der Waals surface area contributed by atoms with Crippen LogP contribution in [0.4, 0.5) is 5.69 Å². The number of nitrogens with one attached hydrogen (secondary N) is 1. The van der Waals surface area contributed by atoms with Gasteiger partial charge in [0, 0.05) is 30.9 Å². The smallest absolute Gasteiger partial charge is 0.312 e. The van der Waals surface area contributed by atoms with E-state index >= 15 is 0 Å². The van der Waals surface area contributed by atoms with Gasteiger partial charge in [-0.2, -0.15) is 0 Å². The first-order valence-corrected chi connectivity index (χ1v) is 9.64. The van der Waals surface area contributed by atoms with Crippen LogP contribution in [0.3, 0.4) is 0 Å². The minimum Gasteiger partial charge on any atom is -0.496 e. The Labute approximate surface area is 179 Å². The van der Waals surface area contributed by atoms with Crippen molar-refractivity contribution in [3.8, 4) is 11.5 Å². The topological polar surface area (TPSA) is 88.2 Å². The van der Waals surface area contributed by atoms with Crippen LogP contribution < -0.4 is 14.8 Å². The lowest BCUT2D eigenvalue weighted by Crippen LogP contribution is -2.55. The second-order valence-corrected chi connectivity index (χ2v) is 7.07. The lowest BCUT2D eigenvalue weighted by molar-refractivity contribution is -0.157. The summed E-state index contributed by atoms with van der Waals surface area (Å²) in [4.78, 5) is 40.0. The van der Waals surface area contributed by atoms with Gasteiger partial charge in [0.1, 0.15) is 18.0 Å². The van der Waals surface area contributed by atoms with E-state index in [0.29, 0.717) is 28.8 Å². The molecule has 0 aromatic heterocycles. The first kappa shape index (κ1) is 21.4.